The minimum Gasteiger partial charge on any atom is -0.508 e. The van der Waals surface area contributed by atoms with Gasteiger partial charge in [-0.25, -0.2) is 0 Å². The van der Waals surface area contributed by atoms with Gasteiger partial charge in [-0.3, -0.25) is 4.57 Å². The molecule has 0 saturated heterocycles. The Balaban J connectivity index is 1.55. The number of aromatic hydroxyl groups is 2. The highest BCUT2D eigenvalue weighted by molar-refractivity contribution is 7.69. The number of rotatable bonds is 3. The molecule has 1 aliphatic heterocycles. The number of hydrogen-bond acceptors (Lipinski definition) is 4. The molecule has 1 atom stereocenters. The summed E-state index contributed by atoms with van der Waals surface area (Å²) in [7, 11) is -3.68. The molecule has 5 heteroatoms. The van der Waals surface area contributed by atoms with Crippen LogP contribution in [-0.4, -0.2) is 10.2 Å². The van der Waals surface area contributed by atoms with E-state index < -0.39 is 12.5 Å². The lowest BCUT2D eigenvalue weighted by molar-refractivity contribution is 0.463. The molecule has 0 aliphatic carbocycles. The van der Waals surface area contributed by atoms with E-state index in [1.807, 2.05) is 104 Å². The Morgan fingerprint density at radius 2 is 1.08 bits per heavy atom. The zero-order chi connectivity index (χ0) is 26.8. The lowest BCUT2D eigenvalue weighted by atomic mass is 9.89. The SMILES string of the molecule is CC(c1ccc2cc(O)ccc2c1)(c1ccc2cc(O)ccc2c1)P1(=O)Oc2ccccc2-c2ccccc21. The fourth-order valence-corrected chi connectivity index (χ4v) is 8.78. The minimum absolute atomic E-state index is 0.199. The largest absolute Gasteiger partial charge is 0.508 e. The minimum atomic E-state index is -3.68. The van der Waals surface area contributed by atoms with Gasteiger partial charge in [0.2, 0.25) is 0 Å². The Morgan fingerprint density at radius 1 is 0.590 bits per heavy atom. The van der Waals surface area contributed by atoms with Crippen molar-refractivity contribution in [2.45, 2.75) is 12.1 Å². The molecule has 1 heterocycles. The van der Waals surface area contributed by atoms with Gasteiger partial charge in [0.05, 0.1) is 5.30 Å². The van der Waals surface area contributed by atoms with Crippen LogP contribution in [0.15, 0.2) is 121 Å². The van der Waals surface area contributed by atoms with Gasteiger partial charge in [0.1, 0.15) is 22.4 Å². The van der Waals surface area contributed by atoms with Crippen molar-refractivity contribution in [2.75, 3.05) is 0 Å². The van der Waals surface area contributed by atoms with E-state index in [0.717, 1.165) is 43.8 Å². The van der Waals surface area contributed by atoms with Crippen LogP contribution in [-0.2, 0) is 9.72 Å². The Labute approximate surface area is 226 Å². The van der Waals surface area contributed by atoms with Crippen LogP contribution in [0.2, 0.25) is 0 Å². The van der Waals surface area contributed by atoms with Crippen LogP contribution in [0.1, 0.15) is 18.1 Å². The van der Waals surface area contributed by atoms with E-state index in [1.54, 1.807) is 24.3 Å². The quantitative estimate of drug-likeness (QED) is 0.227. The molecule has 6 aromatic carbocycles. The third-order valence-corrected chi connectivity index (χ3v) is 11.2. The second-order valence-corrected chi connectivity index (χ2v) is 12.9. The van der Waals surface area contributed by atoms with Crippen LogP contribution in [0.25, 0.3) is 32.7 Å². The third-order valence-electron chi connectivity index (χ3n) is 7.99. The number of phenolic OH excluding ortho intramolecular Hbond substituents is 2. The topological polar surface area (TPSA) is 66.8 Å². The highest BCUT2D eigenvalue weighted by atomic mass is 31.2. The molecule has 1 unspecified atom stereocenters. The molecule has 0 bridgehead atoms. The van der Waals surface area contributed by atoms with Gasteiger partial charge >= 0.3 is 0 Å². The molecule has 7 rings (SSSR count). The van der Waals surface area contributed by atoms with Crippen LogP contribution in [0.5, 0.6) is 17.2 Å². The van der Waals surface area contributed by atoms with Crippen molar-refractivity contribution in [3.8, 4) is 28.4 Å². The van der Waals surface area contributed by atoms with Gasteiger partial charge in [-0.2, -0.15) is 0 Å². The van der Waals surface area contributed by atoms with E-state index in [2.05, 4.69) is 0 Å². The van der Waals surface area contributed by atoms with Crippen molar-refractivity contribution < 1.29 is 19.3 Å². The van der Waals surface area contributed by atoms with E-state index in [1.165, 1.54) is 0 Å². The maximum absolute atomic E-state index is 15.7. The number of phenols is 2. The molecule has 6 aromatic rings. The molecule has 0 fully saturated rings. The first-order valence-corrected chi connectivity index (χ1v) is 14.4. The van der Waals surface area contributed by atoms with Crippen molar-refractivity contribution >= 4 is 34.2 Å². The van der Waals surface area contributed by atoms with Crippen molar-refractivity contribution in [2.24, 2.45) is 0 Å². The molecule has 0 spiro atoms. The first-order valence-electron chi connectivity index (χ1n) is 12.8. The fraction of sp³-hybridized carbons (Fsp3) is 0.0588. The Bertz CT molecular complexity index is 1890. The maximum Gasteiger partial charge on any atom is 0.292 e. The van der Waals surface area contributed by atoms with Gasteiger partial charge in [-0.05, 0) is 93.7 Å². The third kappa shape index (κ3) is 3.49. The number of fused-ring (bicyclic) bond motifs is 5. The van der Waals surface area contributed by atoms with Crippen LogP contribution < -0.4 is 9.83 Å². The summed E-state index contributed by atoms with van der Waals surface area (Å²) in [5.74, 6) is 0.997. The van der Waals surface area contributed by atoms with Gasteiger partial charge in [0.25, 0.3) is 7.37 Å². The lowest BCUT2D eigenvalue weighted by Crippen LogP contribution is -2.34. The molecule has 1 aliphatic rings. The van der Waals surface area contributed by atoms with E-state index in [0.29, 0.717) is 11.1 Å². The average molecular weight is 529 g/mol. The molecule has 0 aromatic heterocycles. The molecule has 4 nitrogen and oxygen atoms in total. The average Bonchev–Trinajstić information content (AvgIpc) is 2.96. The van der Waals surface area contributed by atoms with Crippen molar-refractivity contribution in [1.82, 2.24) is 0 Å². The summed E-state index contributed by atoms with van der Waals surface area (Å²) in [5.41, 5.74) is 3.52. The standard InChI is InChI=1S/C34H25O4P/c1-34(26-14-10-24-20-28(35)16-12-22(24)18-26,27-15-11-25-21-29(36)17-13-23(25)19-27)39(37)33-9-5-3-7-31(33)30-6-2-4-8-32(30)38-39/h2-21,35-36H,1H3. The van der Waals surface area contributed by atoms with Crippen molar-refractivity contribution in [3.63, 3.8) is 0 Å². The Morgan fingerprint density at radius 3 is 1.69 bits per heavy atom. The van der Waals surface area contributed by atoms with Crippen molar-refractivity contribution in [1.29, 1.82) is 0 Å². The predicted octanol–water partition coefficient (Wildman–Crippen LogP) is 8.33. The van der Waals surface area contributed by atoms with E-state index in [4.69, 9.17) is 4.52 Å². The highest BCUT2D eigenvalue weighted by Crippen LogP contribution is 2.69. The monoisotopic (exact) mass is 528 g/mol. The second kappa shape index (κ2) is 8.49. The number of hydrogen-bond donors (Lipinski definition) is 2. The first-order chi connectivity index (χ1) is 18.9. The zero-order valence-electron chi connectivity index (χ0n) is 21.2. The Hall–Kier alpha value is -4.53. The Kier molecular flexibility index (Phi) is 5.13. The van der Waals surface area contributed by atoms with Gasteiger partial charge < -0.3 is 14.7 Å². The maximum atomic E-state index is 15.7. The van der Waals surface area contributed by atoms with Crippen LogP contribution >= 0.6 is 7.37 Å². The summed E-state index contributed by atoms with van der Waals surface area (Å²) in [5, 5.41) is 23.3. The normalized spacial score (nSPS) is 16.4. The van der Waals surface area contributed by atoms with E-state index in [-0.39, 0.29) is 11.5 Å². The summed E-state index contributed by atoms with van der Waals surface area (Å²) in [4.78, 5) is 0. The molecule has 0 amide bonds. The molecule has 0 radical (unpaired) electrons. The molecular weight excluding hydrogens is 503 g/mol. The molecule has 0 saturated carbocycles. The molecule has 39 heavy (non-hydrogen) atoms. The zero-order valence-corrected chi connectivity index (χ0v) is 22.1. The number of benzene rings is 6. The lowest BCUT2D eigenvalue weighted by Gasteiger charge is -2.41. The summed E-state index contributed by atoms with van der Waals surface area (Å²) in [6, 6.07) is 38.0. The van der Waals surface area contributed by atoms with E-state index in [9.17, 15) is 10.2 Å². The predicted molar refractivity (Wildman–Crippen MR) is 157 cm³/mol. The molecular formula is C34H25O4P. The second-order valence-electron chi connectivity index (χ2n) is 10.2. The van der Waals surface area contributed by atoms with Gasteiger partial charge in [0.15, 0.2) is 0 Å². The summed E-state index contributed by atoms with van der Waals surface area (Å²) >= 11 is 0. The van der Waals surface area contributed by atoms with Crippen LogP contribution in [0.4, 0.5) is 0 Å². The summed E-state index contributed by atoms with van der Waals surface area (Å²) in [6.07, 6.45) is 0. The van der Waals surface area contributed by atoms with Crippen LogP contribution in [0.3, 0.4) is 0 Å². The fourth-order valence-electron chi connectivity index (χ4n) is 5.83. The van der Waals surface area contributed by atoms with Crippen LogP contribution in [0, 0.1) is 0 Å². The summed E-state index contributed by atoms with van der Waals surface area (Å²) < 4.78 is 22.4. The van der Waals surface area contributed by atoms with Crippen molar-refractivity contribution in [3.05, 3.63) is 132 Å². The molecule has 2 N–H and O–H groups in total. The molecule has 190 valence electrons. The van der Waals surface area contributed by atoms with Gasteiger partial charge in [-0.1, -0.05) is 72.8 Å². The van der Waals surface area contributed by atoms with Gasteiger partial charge in [-0.15, -0.1) is 0 Å². The summed E-state index contributed by atoms with van der Waals surface area (Å²) in [6.45, 7) is 2.00. The number of para-hydroxylation sites is 1. The highest BCUT2D eigenvalue weighted by Gasteiger charge is 2.53. The van der Waals surface area contributed by atoms with E-state index >= 15 is 4.57 Å². The first kappa shape index (κ1) is 23.6. The van der Waals surface area contributed by atoms with Gasteiger partial charge in [0, 0.05) is 5.56 Å². The smallest absolute Gasteiger partial charge is 0.292 e.